The van der Waals surface area contributed by atoms with E-state index in [-0.39, 0.29) is 5.75 Å². The van der Waals surface area contributed by atoms with E-state index in [9.17, 15) is 9.59 Å². The lowest BCUT2D eigenvalue weighted by Gasteiger charge is -2.11. The molecule has 5 rings (SSSR count). The maximum Gasteiger partial charge on any atom is 0.343 e. The molecule has 0 atom stereocenters. The highest BCUT2D eigenvalue weighted by Gasteiger charge is 2.24. The molecule has 0 bridgehead atoms. The Balaban J connectivity index is 1.40. The maximum absolute atomic E-state index is 13.5. The topological polar surface area (TPSA) is 120 Å². The molecule has 0 aliphatic rings. The molecule has 44 heavy (non-hydrogen) atoms. The SMILES string of the molecule is CCOc1cc(C=NNC(=O)c2[nH]c3c(OC)ccc(OC)c3c2-c2ccccc2)ccc1OC(=O)c1cccc(OC)c1. The second-order valence-electron chi connectivity index (χ2n) is 9.42. The number of carbonyl (C=O) groups is 2. The Hall–Kier alpha value is -5.77. The number of nitrogens with zero attached hydrogens (tertiary/aromatic N) is 1. The van der Waals surface area contributed by atoms with Crippen molar-refractivity contribution in [2.24, 2.45) is 5.10 Å². The number of nitrogens with one attached hydrogen (secondary N) is 2. The normalized spacial score (nSPS) is 10.9. The van der Waals surface area contributed by atoms with E-state index in [1.807, 2.05) is 37.3 Å². The molecule has 0 unspecified atom stereocenters. The van der Waals surface area contributed by atoms with Gasteiger partial charge in [-0.25, -0.2) is 10.2 Å². The molecule has 1 amide bonds. The van der Waals surface area contributed by atoms with Crippen molar-refractivity contribution in [2.75, 3.05) is 27.9 Å². The number of H-pyrrole nitrogens is 1. The van der Waals surface area contributed by atoms with Gasteiger partial charge in [0.05, 0.1) is 50.6 Å². The van der Waals surface area contributed by atoms with Gasteiger partial charge in [-0.05, 0) is 66.6 Å². The third-order valence-electron chi connectivity index (χ3n) is 6.76. The number of aromatic amines is 1. The van der Waals surface area contributed by atoms with Gasteiger partial charge in [0.25, 0.3) is 5.91 Å². The van der Waals surface area contributed by atoms with Crippen LogP contribution in [0.4, 0.5) is 0 Å². The third kappa shape index (κ3) is 6.19. The summed E-state index contributed by atoms with van der Waals surface area (Å²) in [5.74, 6) is 1.27. The average molecular weight is 594 g/mol. The Kier molecular flexibility index (Phi) is 9.10. The molecule has 0 fully saturated rings. The van der Waals surface area contributed by atoms with Gasteiger partial charge < -0.3 is 28.7 Å². The van der Waals surface area contributed by atoms with Gasteiger partial charge >= 0.3 is 5.97 Å². The molecule has 10 nitrogen and oxygen atoms in total. The van der Waals surface area contributed by atoms with Crippen molar-refractivity contribution in [3.8, 4) is 39.9 Å². The van der Waals surface area contributed by atoms with E-state index in [0.29, 0.717) is 62.9 Å². The number of benzene rings is 4. The zero-order valence-electron chi connectivity index (χ0n) is 24.7. The van der Waals surface area contributed by atoms with Crippen LogP contribution >= 0.6 is 0 Å². The van der Waals surface area contributed by atoms with Gasteiger partial charge in [0.15, 0.2) is 11.5 Å². The molecular weight excluding hydrogens is 562 g/mol. The van der Waals surface area contributed by atoms with Gasteiger partial charge in [0.1, 0.15) is 22.9 Å². The Bertz CT molecular complexity index is 1830. The van der Waals surface area contributed by atoms with Crippen LogP contribution in [0, 0.1) is 0 Å². The number of fused-ring (bicyclic) bond motifs is 1. The zero-order chi connectivity index (χ0) is 31.1. The molecule has 4 aromatic carbocycles. The van der Waals surface area contributed by atoms with E-state index in [4.69, 9.17) is 23.7 Å². The van der Waals surface area contributed by atoms with Crippen molar-refractivity contribution in [1.82, 2.24) is 10.4 Å². The lowest BCUT2D eigenvalue weighted by molar-refractivity contribution is 0.0727. The van der Waals surface area contributed by atoms with Gasteiger partial charge in [-0.3, -0.25) is 4.79 Å². The van der Waals surface area contributed by atoms with E-state index in [1.54, 1.807) is 68.8 Å². The number of amides is 1. The largest absolute Gasteiger partial charge is 0.497 e. The number of hydrogen-bond donors (Lipinski definition) is 2. The van der Waals surface area contributed by atoms with Gasteiger partial charge in [0.2, 0.25) is 0 Å². The van der Waals surface area contributed by atoms with E-state index < -0.39 is 11.9 Å². The minimum absolute atomic E-state index is 0.245. The van der Waals surface area contributed by atoms with Crippen LogP contribution < -0.4 is 29.1 Å². The number of hydrogen-bond acceptors (Lipinski definition) is 8. The lowest BCUT2D eigenvalue weighted by atomic mass is 10.0. The van der Waals surface area contributed by atoms with Crippen LogP contribution in [0.25, 0.3) is 22.0 Å². The Labute approximate surface area is 254 Å². The summed E-state index contributed by atoms with van der Waals surface area (Å²) in [6.07, 6.45) is 1.47. The predicted molar refractivity (Wildman–Crippen MR) is 167 cm³/mol. The summed E-state index contributed by atoms with van der Waals surface area (Å²) in [5, 5.41) is 4.90. The van der Waals surface area contributed by atoms with Gasteiger partial charge in [0, 0.05) is 5.56 Å². The highest BCUT2D eigenvalue weighted by Crippen LogP contribution is 2.42. The van der Waals surface area contributed by atoms with E-state index in [2.05, 4.69) is 15.5 Å². The Morgan fingerprint density at radius 3 is 2.30 bits per heavy atom. The molecule has 5 aromatic rings. The van der Waals surface area contributed by atoms with Crippen LogP contribution in [-0.4, -0.2) is 51.0 Å². The van der Waals surface area contributed by atoms with Gasteiger partial charge in [-0.1, -0.05) is 36.4 Å². The van der Waals surface area contributed by atoms with Gasteiger partial charge in [-0.15, -0.1) is 0 Å². The van der Waals surface area contributed by atoms with Gasteiger partial charge in [-0.2, -0.15) is 5.10 Å². The van der Waals surface area contributed by atoms with Crippen molar-refractivity contribution in [3.05, 3.63) is 102 Å². The van der Waals surface area contributed by atoms with Crippen LogP contribution in [0.1, 0.15) is 33.3 Å². The third-order valence-corrected chi connectivity index (χ3v) is 6.76. The summed E-state index contributed by atoms with van der Waals surface area (Å²) in [6, 6.07) is 24.8. The first kappa shape index (κ1) is 29.7. The fourth-order valence-corrected chi connectivity index (χ4v) is 4.74. The molecule has 0 saturated heterocycles. The number of carbonyl (C=O) groups excluding carboxylic acids is 2. The number of ether oxygens (including phenoxy) is 5. The first-order valence-electron chi connectivity index (χ1n) is 13.8. The molecule has 0 saturated carbocycles. The molecule has 0 spiro atoms. The van der Waals surface area contributed by atoms with Crippen molar-refractivity contribution in [1.29, 1.82) is 0 Å². The van der Waals surface area contributed by atoms with Crippen molar-refractivity contribution in [2.45, 2.75) is 6.92 Å². The smallest absolute Gasteiger partial charge is 0.343 e. The summed E-state index contributed by atoms with van der Waals surface area (Å²) in [6.45, 7) is 2.17. The second kappa shape index (κ2) is 13.5. The Morgan fingerprint density at radius 2 is 1.57 bits per heavy atom. The first-order valence-corrected chi connectivity index (χ1v) is 13.8. The predicted octanol–water partition coefficient (Wildman–Crippen LogP) is 6.24. The highest BCUT2D eigenvalue weighted by atomic mass is 16.6. The summed E-state index contributed by atoms with van der Waals surface area (Å²) in [7, 11) is 4.67. The molecule has 0 aliphatic heterocycles. The summed E-state index contributed by atoms with van der Waals surface area (Å²) >= 11 is 0. The molecule has 0 aliphatic carbocycles. The molecule has 1 aromatic heterocycles. The lowest BCUT2D eigenvalue weighted by Crippen LogP contribution is -2.19. The van der Waals surface area contributed by atoms with Crippen LogP contribution in [0.3, 0.4) is 0 Å². The average Bonchev–Trinajstić information content (AvgIpc) is 3.47. The monoisotopic (exact) mass is 593 g/mol. The van der Waals surface area contributed by atoms with Crippen LogP contribution in [0.5, 0.6) is 28.7 Å². The van der Waals surface area contributed by atoms with Crippen molar-refractivity contribution in [3.63, 3.8) is 0 Å². The first-order chi connectivity index (χ1) is 21.5. The minimum Gasteiger partial charge on any atom is -0.497 e. The summed E-state index contributed by atoms with van der Waals surface area (Å²) in [4.78, 5) is 29.5. The quantitative estimate of drug-likeness (QED) is 0.0805. The molecule has 0 radical (unpaired) electrons. The number of aromatic nitrogens is 1. The summed E-state index contributed by atoms with van der Waals surface area (Å²) in [5.41, 5.74) is 5.94. The van der Waals surface area contributed by atoms with Crippen LogP contribution in [0.2, 0.25) is 0 Å². The molecule has 2 N–H and O–H groups in total. The van der Waals surface area contributed by atoms with Crippen molar-refractivity contribution >= 4 is 29.0 Å². The number of esters is 1. The molecule has 1 heterocycles. The standard InChI is InChI=1S/C34H31N3O7/c1-5-43-28-18-21(14-15-25(28)44-34(39)23-12-9-13-24(19-23)40-2)20-35-37-33(38)32-29(22-10-7-6-8-11-22)30-26(41-3)16-17-27(42-4)31(30)36-32/h6-20,36H,5H2,1-4H3,(H,37,38). The Morgan fingerprint density at radius 1 is 0.818 bits per heavy atom. The highest BCUT2D eigenvalue weighted by molar-refractivity contribution is 6.13. The fraction of sp³-hybridized carbons (Fsp3) is 0.147. The molecule has 224 valence electrons. The molecule has 10 heteroatoms. The fourth-order valence-electron chi connectivity index (χ4n) is 4.74. The van der Waals surface area contributed by atoms with E-state index >= 15 is 0 Å². The van der Waals surface area contributed by atoms with Crippen molar-refractivity contribution < 1.29 is 33.3 Å². The minimum atomic E-state index is -0.556. The second-order valence-corrected chi connectivity index (χ2v) is 9.42. The zero-order valence-corrected chi connectivity index (χ0v) is 24.7. The van der Waals surface area contributed by atoms with Crippen LogP contribution in [0.15, 0.2) is 90.0 Å². The van der Waals surface area contributed by atoms with E-state index in [1.165, 1.54) is 13.3 Å². The maximum atomic E-state index is 13.5. The number of rotatable bonds is 11. The number of methoxy groups -OCH3 is 3. The summed E-state index contributed by atoms with van der Waals surface area (Å²) < 4.78 is 27.7. The van der Waals surface area contributed by atoms with Crippen LogP contribution in [-0.2, 0) is 0 Å². The number of hydrazone groups is 1. The molecular formula is C34H31N3O7. The van der Waals surface area contributed by atoms with E-state index in [0.717, 1.165) is 5.56 Å².